The Kier molecular flexibility index (Phi) is 6.26. The molecule has 0 aliphatic rings. The Hall–Kier alpha value is -2.54. The number of aryl methyl sites for hydroxylation is 1. The molecule has 0 saturated carbocycles. The van der Waals surface area contributed by atoms with Gasteiger partial charge in [-0.25, -0.2) is 4.79 Å². The van der Waals surface area contributed by atoms with Crippen LogP contribution >= 0.6 is 11.8 Å². The highest BCUT2D eigenvalue weighted by Crippen LogP contribution is 2.29. The fourth-order valence-electron chi connectivity index (χ4n) is 2.69. The summed E-state index contributed by atoms with van der Waals surface area (Å²) in [6, 6.07) is 7.29. The molecule has 1 heterocycles. The third kappa shape index (κ3) is 4.35. The molecule has 0 fully saturated rings. The van der Waals surface area contributed by atoms with E-state index in [1.807, 2.05) is 19.1 Å². The Morgan fingerprint density at radius 2 is 1.77 bits per heavy atom. The molecule has 1 atom stereocenters. The van der Waals surface area contributed by atoms with Crippen LogP contribution in [0.3, 0.4) is 0 Å². The van der Waals surface area contributed by atoms with Crippen LogP contribution in [0.1, 0.15) is 46.0 Å². The van der Waals surface area contributed by atoms with Crippen molar-refractivity contribution in [3.05, 3.63) is 46.8 Å². The van der Waals surface area contributed by atoms with E-state index in [1.165, 1.54) is 25.8 Å². The molecule has 0 bridgehead atoms. The second kappa shape index (κ2) is 8.23. The predicted molar refractivity (Wildman–Crippen MR) is 102 cm³/mol. The Balaban J connectivity index is 2.15. The van der Waals surface area contributed by atoms with E-state index in [1.54, 1.807) is 26.0 Å². The van der Waals surface area contributed by atoms with Gasteiger partial charge in [-0.15, -0.1) is 11.8 Å². The maximum Gasteiger partial charge on any atom is 0.339 e. The average molecular weight is 374 g/mol. The third-order valence-electron chi connectivity index (χ3n) is 3.93. The molecule has 2 rings (SSSR count). The number of Topliss-reactive ketones (excluding diaryl/α,β-unsaturated/α-hetero) is 1. The first-order valence-electron chi connectivity index (χ1n) is 8.10. The van der Waals surface area contributed by atoms with Crippen molar-refractivity contribution in [2.75, 3.05) is 12.4 Å². The Bertz CT molecular complexity index is 840. The zero-order valence-electron chi connectivity index (χ0n) is 15.4. The summed E-state index contributed by atoms with van der Waals surface area (Å²) in [4.78, 5) is 39.7. The maximum absolute atomic E-state index is 12.8. The van der Waals surface area contributed by atoms with Crippen LogP contribution in [-0.4, -0.2) is 35.0 Å². The van der Waals surface area contributed by atoms with Crippen LogP contribution in [0.5, 0.6) is 0 Å². The summed E-state index contributed by atoms with van der Waals surface area (Å²) in [5.74, 6) is -0.672. The van der Waals surface area contributed by atoms with Gasteiger partial charge in [0.15, 0.2) is 5.78 Å². The van der Waals surface area contributed by atoms with Crippen LogP contribution in [0.4, 0.5) is 5.69 Å². The minimum absolute atomic E-state index is 0.0864. The molecule has 26 heavy (non-hydrogen) atoms. The number of aromatic amines is 1. The van der Waals surface area contributed by atoms with Gasteiger partial charge in [0, 0.05) is 23.2 Å². The lowest BCUT2D eigenvalue weighted by Crippen LogP contribution is -2.15. The van der Waals surface area contributed by atoms with Crippen molar-refractivity contribution in [3.63, 3.8) is 0 Å². The fraction of sp³-hybridized carbons (Fsp3) is 0.316. The number of rotatable bonds is 6. The van der Waals surface area contributed by atoms with E-state index in [0.29, 0.717) is 28.2 Å². The van der Waals surface area contributed by atoms with Gasteiger partial charge in [0.2, 0.25) is 5.91 Å². The smallest absolute Gasteiger partial charge is 0.339 e. The number of anilines is 1. The van der Waals surface area contributed by atoms with E-state index < -0.39 is 5.97 Å². The molecule has 138 valence electrons. The van der Waals surface area contributed by atoms with Crippen LogP contribution < -0.4 is 5.32 Å². The van der Waals surface area contributed by atoms with Crippen molar-refractivity contribution in [1.82, 2.24) is 4.98 Å². The molecule has 0 saturated heterocycles. The Labute approximate surface area is 156 Å². The van der Waals surface area contributed by atoms with Crippen LogP contribution in [0, 0.1) is 13.8 Å². The zero-order chi connectivity index (χ0) is 19.4. The number of hydrogen-bond donors (Lipinski definition) is 2. The third-order valence-corrected chi connectivity index (χ3v) is 5.04. The van der Waals surface area contributed by atoms with Crippen LogP contribution in [0.2, 0.25) is 0 Å². The van der Waals surface area contributed by atoms with Crippen LogP contribution in [0.15, 0.2) is 29.2 Å². The first kappa shape index (κ1) is 19.8. The fourth-order valence-corrected chi connectivity index (χ4v) is 3.61. The summed E-state index contributed by atoms with van der Waals surface area (Å²) >= 11 is 1.41. The van der Waals surface area contributed by atoms with E-state index in [0.717, 1.165) is 4.90 Å². The van der Waals surface area contributed by atoms with E-state index >= 15 is 0 Å². The number of thioether (sulfide) groups is 1. The highest BCUT2D eigenvalue weighted by atomic mass is 32.2. The lowest BCUT2D eigenvalue weighted by atomic mass is 10.1. The number of hydrogen-bond acceptors (Lipinski definition) is 5. The lowest BCUT2D eigenvalue weighted by molar-refractivity contribution is -0.114. The van der Waals surface area contributed by atoms with Gasteiger partial charge >= 0.3 is 5.97 Å². The van der Waals surface area contributed by atoms with Gasteiger partial charge in [-0.05, 0) is 50.6 Å². The standard InChI is InChI=1S/C19H22N2O4S/c1-10-16(19(24)25-5)11(2)20-17(10)18(23)12(3)26-15-8-6-14(7-9-15)21-13(4)22/h6-9,12,20H,1-5H3,(H,21,22)/t12-/m0/s1. The van der Waals surface area contributed by atoms with E-state index in [2.05, 4.69) is 10.3 Å². The monoisotopic (exact) mass is 374 g/mol. The highest BCUT2D eigenvalue weighted by Gasteiger charge is 2.25. The molecule has 0 aliphatic heterocycles. The predicted octanol–water partition coefficient (Wildman–Crippen LogP) is 3.74. The number of benzene rings is 1. The molecule has 7 heteroatoms. The van der Waals surface area contributed by atoms with E-state index in [9.17, 15) is 14.4 Å². The number of aromatic nitrogens is 1. The lowest BCUT2D eigenvalue weighted by Gasteiger charge is -2.11. The van der Waals surface area contributed by atoms with Gasteiger partial charge in [0.1, 0.15) is 0 Å². The largest absolute Gasteiger partial charge is 0.465 e. The molecule has 2 aromatic rings. The minimum Gasteiger partial charge on any atom is -0.465 e. The molecular formula is C19H22N2O4S. The van der Waals surface area contributed by atoms with Crippen molar-refractivity contribution in [2.45, 2.75) is 37.8 Å². The van der Waals surface area contributed by atoms with Crippen molar-refractivity contribution in [2.24, 2.45) is 0 Å². The number of carbonyl (C=O) groups excluding carboxylic acids is 3. The van der Waals surface area contributed by atoms with Crippen molar-refractivity contribution >= 4 is 35.1 Å². The van der Waals surface area contributed by atoms with Gasteiger partial charge in [-0.2, -0.15) is 0 Å². The number of carbonyl (C=O) groups is 3. The molecule has 2 N–H and O–H groups in total. The van der Waals surface area contributed by atoms with Crippen molar-refractivity contribution in [3.8, 4) is 0 Å². The molecule has 0 aliphatic carbocycles. The second-order valence-electron chi connectivity index (χ2n) is 5.95. The normalized spacial score (nSPS) is 11.7. The summed E-state index contributed by atoms with van der Waals surface area (Å²) in [6.45, 7) is 6.76. The summed E-state index contributed by atoms with van der Waals surface area (Å²) in [5, 5.41) is 2.36. The first-order valence-corrected chi connectivity index (χ1v) is 8.98. The summed E-state index contributed by atoms with van der Waals surface area (Å²) in [5.41, 5.74) is 2.77. The number of ketones is 1. The Morgan fingerprint density at radius 3 is 2.31 bits per heavy atom. The number of nitrogens with one attached hydrogen (secondary N) is 2. The molecule has 1 aromatic heterocycles. The van der Waals surface area contributed by atoms with Gasteiger partial charge in [-0.1, -0.05) is 0 Å². The number of methoxy groups -OCH3 is 1. The van der Waals surface area contributed by atoms with Crippen LogP contribution in [0.25, 0.3) is 0 Å². The number of H-pyrrole nitrogens is 1. The van der Waals surface area contributed by atoms with Gasteiger partial charge in [0.05, 0.1) is 23.6 Å². The minimum atomic E-state index is -0.454. The van der Waals surface area contributed by atoms with Crippen LogP contribution in [-0.2, 0) is 9.53 Å². The number of ether oxygens (including phenoxy) is 1. The van der Waals surface area contributed by atoms with E-state index in [4.69, 9.17) is 4.74 Å². The van der Waals surface area contributed by atoms with E-state index in [-0.39, 0.29) is 16.9 Å². The molecule has 0 unspecified atom stereocenters. The topological polar surface area (TPSA) is 88.3 Å². The van der Waals surface area contributed by atoms with Crippen molar-refractivity contribution < 1.29 is 19.1 Å². The van der Waals surface area contributed by atoms with Gasteiger partial charge < -0.3 is 15.0 Å². The molecule has 1 amide bonds. The molecule has 1 aromatic carbocycles. The Morgan fingerprint density at radius 1 is 1.15 bits per heavy atom. The molecule has 0 radical (unpaired) electrons. The molecule has 6 nitrogen and oxygen atoms in total. The van der Waals surface area contributed by atoms with Gasteiger partial charge in [0.25, 0.3) is 0 Å². The van der Waals surface area contributed by atoms with Crippen molar-refractivity contribution in [1.29, 1.82) is 0 Å². The first-order chi connectivity index (χ1) is 12.2. The number of amides is 1. The molecule has 0 spiro atoms. The van der Waals surface area contributed by atoms with Gasteiger partial charge in [-0.3, -0.25) is 9.59 Å². The SMILES string of the molecule is COC(=O)c1c(C)[nH]c(C(=O)[C@H](C)Sc2ccc(NC(C)=O)cc2)c1C. The zero-order valence-corrected chi connectivity index (χ0v) is 16.2. The molecular weight excluding hydrogens is 352 g/mol. The average Bonchev–Trinajstić information content (AvgIpc) is 2.89. The number of esters is 1. The highest BCUT2D eigenvalue weighted by molar-refractivity contribution is 8.00. The summed E-state index contributed by atoms with van der Waals surface area (Å²) < 4.78 is 4.78. The second-order valence-corrected chi connectivity index (χ2v) is 7.36. The summed E-state index contributed by atoms with van der Waals surface area (Å²) in [6.07, 6.45) is 0. The summed E-state index contributed by atoms with van der Waals surface area (Å²) in [7, 11) is 1.32. The quantitative estimate of drug-likeness (QED) is 0.457. The maximum atomic E-state index is 12.8.